The van der Waals surface area contributed by atoms with Crippen LogP contribution in [-0.4, -0.2) is 154 Å². The van der Waals surface area contributed by atoms with Crippen LogP contribution in [0, 0.1) is 5.41 Å². The Balaban J connectivity index is 0.989. The number of rotatable bonds is 16. The van der Waals surface area contributed by atoms with Crippen LogP contribution in [0.2, 0.25) is 0 Å². The monoisotopic (exact) mass is 869 g/mol. The van der Waals surface area contributed by atoms with Crippen LogP contribution in [0.25, 0.3) is 6.08 Å². The fourth-order valence-corrected chi connectivity index (χ4v) is 8.62. The lowest BCUT2D eigenvalue weighted by Crippen LogP contribution is -2.69. The van der Waals surface area contributed by atoms with Gasteiger partial charge in [-0.15, -0.1) is 0 Å². The number of carbonyl (C=O) groups excluding carboxylic acids is 4. The standard InChI is InChI=1S/C43H55N3O16/c1-42(2,3)61-30(49)14-13-27(20-47)45-38(53)26-8-4-6-25(16-26)18-44-41(55)43-17-28-34-35(58-22-57-34)37(43)62-46(36(43)39(54)59-28)19-24-11-9-23(10-12-24)7-5-15-56-40-33(52)32(51)31(50)29(21-48)60-40/h4-12,16,27-29,31-37,40,47-48,50-52H,13-15,17-22H2,1-3H3,(H,44,55)(H,45,53)/t27-,28+,29+,31-,32-,33+,34-,35-,36-,37+,40-,43-/m0/s1. The zero-order valence-electron chi connectivity index (χ0n) is 34.7. The first kappa shape index (κ1) is 45.6. The molecule has 0 unspecified atom stereocenters. The molecule has 4 aliphatic heterocycles. The fourth-order valence-electron chi connectivity index (χ4n) is 8.62. The highest BCUT2D eigenvalue weighted by Crippen LogP contribution is 2.55. The molecule has 7 N–H and O–H groups in total. The van der Waals surface area contributed by atoms with Crippen LogP contribution in [0.3, 0.4) is 0 Å². The molecule has 1 saturated carbocycles. The van der Waals surface area contributed by atoms with Crippen molar-refractivity contribution in [1.82, 2.24) is 15.7 Å². The van der Waals surface area contributed by atoms with E-state index < -0.39 is 109 Å². The third-order valence-electron chi connectivity index (χ3n) is 11.6. The van der Waals surface area contributed by atoms with Crippen molar-refractivity contribution in [3.8, 4) is 0 Å². The number of nitrogens with one attached hydrogen (secondary N) is 2. The number of aliphatic hydroxyl groups is 5. The number of fused-ring (bicyclic) bond motifs is 4. The van der Waals surface area contributed by atoms with Crippen molar-refractivity contribution in [2.45, 2.75) is 126 Å². The molecular weight excluding hydrogens is 814 g/mol. The van der Waals surface area contributed by atoms with Crippen LogP contribution < -0.4 is 10.6 Å². The van der Waals surface area contributed by atoms with Gasteiger partial charge in [0.1, 0.15) is 66.6 Å². The number of esters is 2. The molecule has 2 amide bonds. The normalized spacial score (nSPS) is 32.2. The van der Waals surface area contributed by atoms with E-state index in [9.17, 15) is 44.7 Å². The van der Waals surface area contributed by atoms with E-state index in [-0.39, 0.29) is 57.9 Å². The molecular formula is C43H55N3O16. The second-order valence-electron chi connectivity index (χ2n) is 17.1. The molecule has 0 aromatic heterocycles. The summed E-state index contributed by atoms with van der Waals surface area (Å²) in [6, 6.07) is 12.1. The quantitative estimate of drug-likeness (QED) is 0.106. The van der Waals surface area contributed by atoms with Crippen LogP contribution in [0.1, 0.15) is 67.1 Å². The Hall–Kier alpha value is -4.38. The molecule has 19 nitrogen and oxygen atoms in total. The Morgan fingerprint density at radius 3 is 2.48 bits per heavy atom. The number of hydrogen-bond acceptors (Lipinski definition) is 17. The van der Waals surface area contributed by atoms with Crippen molar-refractivity contribution in [3.05, 3.63) is 76.9 Å². The van der Waals surface area contributed by atoms with E-state index in [1.807, 2.05) is 24.3 Å². The van der Waals surface area contributed by atoms with Crippen molar-refractivity contribution >= 4 is 29.8 Å². The average molecular weight is 870 g/mol. The smallest absolute Gasteiger partial charge is 0.327 e. The summed E-state index contributed by atoms with van der Waals surface area (Å²) in [6.07, 6.45) is -6.09. The van der Waals surface area contributed by atoms with Gasteiger partial charge in [-0.1, -0.05) is 48.6 Å². The van der Waals surface area contributed by atoms with E-state index in [2.05, 4.69) is 10.6 Å². The Morgan fingerprint density at radius 1 is 1.00 bits per heavy atom. The number of nitrogens with zero attached hydrogens (tertiary/aromatic N) is 1. The minimum absolute atomic E-state index is 0.00845. The Bertz CT molecular complexity index is 1960. The van der Waals surface area contributed by atoms with Gasteiger partial charge >= 0.3 is 11.9 Å². The fraction of sp³-hybridized carbons (Fsp3) is 0.581. The number of benzene rings is 2. The van der Waals surface area contributed by atoms with E-state index in [4.69, 9.17) is 33.3 Å². The molecule has 12 atom stereocenters. The summed E-state index contributed by atoms with van der Waals surface area (Å²) in [5.74, 6) is -1.99. The summed E-state index contributed by atoms with van der Waals surface area (Å²) in [4.78, 5) is 60.2. The minimum atomic E-state index is -1.55. The summed E-state index contributed by atoms with van der Waals surface area (Å²) in [5, 5.41) is 56.7. The van der Waals surface area contributed by atoms with Crippen LogP contribution >= 0.6 is 0 Å². The maximum absolute atomic E-state index is 14.5. The largest absolute Gasteiger partial charge is 0.460 e. The van der Waals surface area contributed by atoms with Crippen LogP contribution in [0.15, 0.2) is 54.6 Å². The molecule has 19 heteroatoms. The van der Waals surface area contributed by atoms with Crippen molar-refractivity contribution in [3.63, 3.8) is 0 Å². The molecule has 2 bridgehead atoms. The summed E-state index contributed by atoms with van der Waals surface area (Å²) in [6.45, 7) is 4.38. The third kappa shape index (κ3) is 9.73. The molecule has 7 rings (SSSR count). The molecule has 1 aliphatic carbocycles. The number of amides is 2. The van der Waals surface area contributed by atoms with E-state index in [1.165, 1.54) is 5.06 Å². The Labute approximate surface area is 357 Å². The van der Waals surface area contributed by atoms with E-state index in [0.717, 1.165) is 11.1 Å². The molecule has 2 aromatic rings. The van der Waals surface area contributed by atoms with Crippen molar-refractivity contribution in [2.24, 2.45) is 5.41 Å². The summed E-state index contributed by atoms with van der Waals surface area (Å²) in [7, 11) is 0. The molecule has 4 saturated heterocycles. The second-order valence-corrected chi connectivity index (χ2v) is 17.1. The first-order valence-electron chi connectivity index (χ1n) is 20.7. The van der Waals surface area contributed by atoms with Gasteiger partial charge in [-0.25, -0.2) is 0 Å². The number of carbonyl (C=O) groups is 4. The summed E-state index contributed by atoms with van der Waals surface area (Å²) < 4.78 is 33.8. The highest BCUT2D eigenvalue weighted by atomic mass is 16.8. The molecule has 5 fully saturated rings. The molecule has 2 aromatic carbocycles. The maximum atomic E-state index is 14.5. The van der Waals surface area contributed by atoms with E-state index in [0.29, 0.717) is 5.56 Å². The van der Waals surface area contributed by atoms with Gasteiger partial charge in [-0.05, 0) is 56.0 Å². The highest BCUT2D eigenvalue weighted by molar-refractivity contribution is 5.95. The Kier molecular flexibility index (Phi) is 14.1. The van der Waals surface area contributed by atoms with Gasteiger partial charge in [0, 0.05) is 24.9 Å². The van der Waals surface area contributed by atoms with Crippen molar-refractivity contribution in [2.75, 3.05) is 26.6 Å². The lowest BCUT2D eigenvalue weighted by atomic mass is 9.62. The highest BCUT2D eigenvalue weighted by Gasteiger charge is 2.74. The predicted octanol–water partition coefficient (Wildman–Crippen LogP) is -0.413. The van der Waals surface area contributed by atoms with Gasteiger partial charge < -0.3 is 64.6 Å². The SMILES string of the molecule is CC(C)(C)OC(=O)CC[C@@H](CO)NC(=O)c1cccc(CNC(=O)[C@@]23C[C@H]4OC(=O)[C@@H]2N(Cc2ccc(C=CCO[C@H]5O[C@H](CO)[C@H](O)[C@H](O)[C@H]5O)cc2)O[C@@H]3[C@H]2OCO[C@H]24)c1. The minimum Gasteiger partial charge on any atom is -0.460 e. The maximum Gasteiger partial charge on any atom is 0.327 e. The Morgan fingerprint density at radius 2 is 1.76 bits per heavy atom. The van der Waals surface area contributed by atoms with Crippen LogP contribution in [0.4, 0.5) is 0 Å². The van der Waals surface area contributed by atoms with Crippen molar-refractivity contribution < 1.29 is 78.0 Å². The van der Waals surface area contributed by atoms with Gasteiger partial charge in [-0.3, -0.25) is 24.0 Å². The summed E-state index contributed by atoms with van der Waals surface area (Å²) in [5.41, 5.74) is 0.353. The van der Waals surface area contributed by atoms with Gasteiger partial charge in [0.15, 0.2) is 12.3 Å². The summed E-state index contributed by atoms with van der Waals surface area (Å²) >= 11 is 0. The van der Waals surface area contributed by atoms with Gasteiger partial charge in [0.25, 0.3) is 5.91 Å². The molecule has 4 heterocycles. The third-order valence-corrected chi connectivity index (χ3v) is 11.6. The molecule has 62 heavy (non-hydrogen) atoms. The van der Waals surface area contributed by atoms with Gasteiger partial charge in [-0.2, -0.15) is 5.06 Å². The lowest BCUT2D eigenvalue weighted by molar-refractivity contribution is -0.298. The zero-order valence-corrected chi connectivity index (χ0v) is 34.7. The molecule has 0 spiro atoms. The molecule has 5 aliphatic rings. The number of ether oxygens (including phenoxy) is 6. The zero-order chi connectivity index (χ0) is 44.3. The molecule has 338 valence electrons. The van der Waals surface area contributed by atoms with Gasteiger partial charge in [0.05, 0.1) is 32.4 Å². The number of aliphatic hydroxyl groups excluding tert-OH is 5. The molecule has 0 radical (unpaired) electrons. The van der Waals surface area contributed by atoms with Crippen molar-refractivity contribution in [1.29, 1.82) is 0 Å². The first-order chi connectivity index (χ1) is 29.6. The lowest BCUT2D eigenvalue weighted by Gasteiger charge is -2.48. The topological polar surface area (TPSA) is 261 Å². The van der Waals surface area contributed by atoms with E-state index >= 15 is 0 Å². The predicted molar refractivity (Wildman–Crippen MR) is 213 cm³/mol. The number of hydroxylamine groups is 2. The first-order valence-corrected chi connectivity index (χ1v) is 20.7. The van der Waals surface area contributed by atoms with Crippen LogP contribution in [0.5, 0.6) is 0 Å². The van der Waals surface area contributed by atoms with E-state index in [1.54, 1.807) is 57.2 Å². The van der Waals surface area contributed by atoms with Gasteiger partial charge in [0.2, 0.25) is 5.91 Å². The average Bonchev–Trinajstić information content (AvgIpc) is 3.88. The van der Waals surface area contributed by atoms with Crippen LogP contribution in [-0.2, 0) is 60.7 Å². The number of hydrogen-bond donors (Lipinski definition) is 7. The second kappa shape index (κ2) is 19.2.